The number of ether oxygens (including phenoxy) is 1. The summed E-state index contributed by atoms with van der Waals surface area (Å²) in [6.45, 7) is 3.84. The molecule has 1 saturated heterocycles. The number of hydrogen-bond acceptors (Lipinski definition) is 2. The third-order valence-corrected chi connectivity index (χ3v) is 3.07. The molecule has 0 amide bonds. The molecule has 1 aromatic rings. The topological polar surface area (TPSA) is 21.3 Å². The Labute approximate surface area is 95.6 Å². The Morgan fingerprint density at radius 3 is 3.07 bits per heavy atom. The van der Waals surface area contributed by atoms with Crippen LogP contribution in [0.4, 0.5) is 0 Å². The van der Waals surface area contributed by atoms with Gasteiger partial charge in [-0.05, 0) is 31.0 Å². The fourth-order valence-electron chi connectivity index (χ4n) is 1.90. The van der Waals surface area contributed by atoms with Crippen molar-refractivity contribution in [1.29, 1.82) is 0 Å². The SMILES string of the molecule is CC1OCCC1NCc1cccc(Cl)c1. The van der Waals surface area contributed by atoms with Crippen molar-refractivity contribution in [3.63, 3.8) is 0 Å². The Balaban J connectivity index is 1.87. The van der Waals surface area contributed by atoms with Crippen molar-refractivity contribution in [1.82, 2.24) is 5.32 Å². The molecule has 2 nitrogen and oxygen atoms in total. The average molecular weight is 226 g/mol. The quantitative estimate of drug-likeness (QED) is 0.854. The van der Waals surface area contributed by atoms with Gasteiger partial charge in [-0.25, -0.2) is 0 Å². The van der Waals surface area contributed by atoms with Crippen LogP contribution < -0.4 is 5.32 Å². The summed E-state index contributed by atoms with van der Waals surface area (Å²) in [6.07, 6.45) is 1.42. The van der Waals surface area contributed by atoms with Crippen molar-refractivity contribution in [2.45, 2.75) is 32.0 Å². The molecular weight excluding hydrogens is 210 g/mol. The Morgan fingerprint density at radius 2 is 2.40 bits per heavy atom. The minimum atomic E-state index is 0.323. The van der Waals surface area contributed by atoms with Gasteiger partial charge in [0.2, 0.25) is 0 Å². The van der Waals surface area contributed by atoms with Crippen LogP contribution in [0.25, 0.3) is 0 Å². The molecule has 1 aliphatic heterocycles. The second kappa shape index (κ2) is 4.97. The van der Waals surface area contributed by atoms with Gasteiger partial charge in [0.1, 0.15) is 0 Å². The van der Waals surface area contributed by atoms with E-state index in [4.69, 9.17) is 16.3 Å². The molecule has 0 bridgehead atoms. The molecule has 1 heterocycles. The number of halogens is 1. The summed E-state index contributed by atoms with van der Waals surface area (Å²) in [5.74, 6) is 0. The van der Waals surface area contributed by atoms with E-state index in [0.717, 1.165) is 24.6 Å². The van der Waals surface area contributed by atoms with Crippen molar-refractivity contribution in [3.8, 4) is 0 Å². The van der Waals surface area contributed by atoms with Gasteiger partial charge in [-0.3, -0.25) is 0 Å². The van der Waals surface area contributed by atoms with E-state index < -0.39 is 0 Å². The number of rotatable bonds is 3. The summed E-state index contributed by atoms with van der Waals surface area (Å²) in [5, 5.41) is 4.29. The Bertz CT molecular complexity index is 329. The van der Waals surface area contributed by atoms with Crippen LogP contribution in [-0.2, 0) is 11.3 Å². The second-order valence-corrected chi connectivity index (χ2v) is 4.42. The number of hydrogen-bond donors (Lipinski definition) is 1. The molecule has 2 atom stereocenters. The lowest BCUT2D eigenvalue weighted by atomic mass is 10.1. The maximum Gasteiger partial charge on any atom is 0.0700 e. The van der Waals surface area contributed by atoms with Crippen LogP contribution in [-0.4, -0.2) is 18.8 Å². The molecule has 0 spiro atoms. The Hall–Kier alpha value is -0.570. The van der Waals surface area contributed by atoms with Crippen molar-refractivity contribution in [2.24, 2.45) is 0 Å². The lowest BCUT2D eigenvalue weighted by molar-refractivity contribution is 0.113. The molecule has 1 fully saturated rings. The van der Waals surface area contributed by atoms with E-state index in [1.165, 1.54) is 5.56 Å². The van der Waals surface area contributed by atoms with Crippen molar-refractivity contribution in [3.05, 3.63) is 34.9 Å². The molecule has 82 valence electrons. The van der Waals surface area contributed by atoms with Gasteiger partial charge >= 0.3 is 0 Å². The number of benzene rings is 1. The summed E-state index contributed by atoms with van der Waals surface area (Å²) in [7, 11) is 0. The molecule has 1 aromatic carbocycles. The van der Waals surface area contributed by atoms with Gasteiger partial charge in [0.05, 0.1) is 6.10 Å². The highest BCUT2D eigenvalue weighted by Gasteiger charge is 2.23. The van der Waals surface area contributed by atoms with Crippen LogP contribution in [0.1, 0.15) is 18.9 Å². The van der Waals surface area contributed by atoms with Crippen LogP contribution in [0.5, 0.6) is 0 Å². The summed E-state index contributed by atoms with van der Waals surface area (Å²) in [5.41, 5.74) is 1.22. The predicted molar refractivity (Wildman–Crippen MR) is 62.1 cm³/mol. The minimum absolute atomic E-state index is 0.323. The van der Waals surface area contributed by atoms with Crippen molar-refractivity contribution in [2.75, 3.05) is 6.61 Å². The molecule has 0 saturated carbocycles. The van der Waals surface area contributed by atoms with E-state index in [1.807, 2.05) is 18.2 Å². The summed E-state index contributed by atoms with van der Waals surface area (Å²) in [4.78, 5) is 0. The van der Waals surface area contributed by atoms with Crippen LogP contribution in [0, 0.1) is 0 Å². The summed E-state index contributed by atoms with van der Waals surface area (Å²) >= 11 is 5.92. The zero-order valence-corrected chi connectivity index (χ0v) is 9.63. The van der Waals surface area contributed by atoms with E-state index in [1.54, 1.807) is 0 Å². The van der Waals surface area contributed by atoms with E-state index in [9.17, 15) is 0 Å². The van der Waals surface area contributed by atoms with Gasteiger partial charge in [-0.2, -0.15) is 0 Å². The fraction of sp³-hybridized carbons (Fsp3) is 0.500. The van der Waals surface area contributed by atoms with E-state index in [-0.39, 0.29) is 0 Å². The van der Waals surface area contributed by atoms with Crippen LogP contribution in [0.2, 0.25) is 5.02 Å². The normalized spacial score (nSPS) is 25.7. The maximum absolute atomic E-state index is 5.92. The minimum Gasteiger partial charge on any atom is -0.377 e. The van der Waals surface area contributed by atoms with Crippen molar-refractivity contribution >= 4 is 11.6 Å². The van der Waals surface area contributed by atoms with Gasteiger partial charge in [-0.1, -0.05) is 23.7 Å². The largest absolute Gasteiger partial charge is 0.377 e. The third-order valence-electron chi connectivity index (χ3n) is 2.83. The zero-order chi connectivity index (χ0) is 10.7. The highest BCUT2D eigenvalue weighted by atomic mass is 35.5. The van der Waals surface area contributed by atoms with Gasteiger partial charge in [0, 0.05) is 24.2 Å². The molecule has 1 N–H and O–H groups in total. The first-order chi connectivity index (χ1) is 7.25. The monoisotopic (exact) mass is 225 g/mol. The van der Waals surface area contributed by atoms with E-state index in [0.29, 0.717) is 12.1 Å². The first-order valence-corrected chi connectivity index (χ1v) is 5.73. The molecule has 0 aliphatic carbocycles. The summed E-state index contributed by atoms with van der Waals surface area (Å²) in [6, 6.07) is 8.43. The average Bonchev–Trinajstić information content (AvgIpc) is 2.61. The van der Waals surface area contributed by atoms with Crippen LogP contribution in [0.15, 0.2) is 24.3 Å². The fourth-order valence-corrected chi connectivity index (χ4v) is 2.11. The smallest absolute Gasteiger partial charge is 0.0700 e. The first kappa shape index (κ1) is 10.9. The number of nitrogens with one attached hydrogen (secondary N) is 1. The van der Waals surface area contributed by atoms with Crippen molar-refractivity contribution < 1.29 is 4.74 Å². The Kier molecular flexibility index (Phi) is 3.62. The lowest BCUT2D eigenvalue weighted by Gasteiger charge is -2.15. The Morgan fingerprint density at radius 1 is 1.53 bits per heavy atom. The van der Waals surface area contributed by atoms with Crippen LogP contribution >= 0.6 is 11.6 Å². The molecule has 2 rings (SSSR count). The lowest BCUT2D eigenvalue weighted by Crippen LogP contribution is -2.34. The van der Waals surface area contributed by atoms with Gasteiger partial charge in [0.15, 0.2) is 0 Å². The third kappa shape index (κ3) is 2.94. The van der Waals surface area contributed by atoms with E-state index in [2.05, 4.69) is 18.3 Å². The first-order valence-electron chi connectivity index (χ1n) is 5.35. The highest BCUT2D eigenvalue weighted by Crippen LogP contribution is 2.14. The highest BCUT2D eigenvalue weighted by molar-refractivity contribution is 6.30. The molecule has 3 heteroatoms. The second-order valence-electron chi connectivity index (χ2n) is 3.98. The van der Waals surface area contributed by atoms with Crippen LogP contribution in [0.3, 0.4) is 0 Å². The molecule has 0 aromatic heterocycles. The molecule has 0 radical (unpaired) electrons. The molecular formula is C12H16ClNO. The molecule has 15 heavy (non-hydrogen) atoms. The van der Waals surface area contributed by atoms with Gasteiger partial charge < -0.3 is 10.1 Å². The van der Waals surface area contributed by atoms with Gasteiger partial charge in [0.25, 0.3) is 0 Å². The molecule has 2 unspecified atom stereocenters. The summed E-state index contributed by atoms with van der Waals surface area (Å²) < 4.78 is 5.49. The predicted octanol–water partition coefficient (Wildman–Crippen LogP) is 2.61. The maximum atomic E-state index is 5.92. The zero-order valence-electron chi connectivity index (χ0n) is 8.87. The van der Waals surface area contributed by atoms with Gasteiger partial charge in [-0.15, -0.1) is 0 Å². The standard InChI is InChI=1S/C12H16ClNO/c1-9-12(5-6-15-9)14-8-10-3-2-4-11(13)7-10/h2-4,7,9,12,14H,5-6,8H2,1H3. The molecule has 1 aliphatic rings. The van der Waals surface area contributed by atoms with E-state index >= 15 is 0 Å².